The van der Waals surface area contributed by atoms with Gasteiger partial charge in [0.2, 0.25) is 0 Å². The Hall–Kier alpha value is -2.00. The molecule has 0 atom stereocenters. The first-order valence-corrected chi connectivity index (χ1v) is 6.73. The molecule has 3 rings (SSSR count). The van der Waals surface area contributed by atoms with Gasteiger partial charge in [-0.3, -0.25) is 0 Å². The Kier molecular flexibility index (Phi) is 3.13. The Morgan fingerprint density at radius 2 is 1.58 bits per heavy atom. The standard InChI is InChI=1S/C16H12BrNO/c17-13-7-5-12-10-14(8-6-11(12)9-13)19-16-4-2-1-3-15(16)18/h1-10H,18H2. The lowest BCUT2D eigenvalue weighted by molar-refractivity contribution is 0.486. The zero-order valence-corrected chi connectivity index (χ0v) is 11.7. The third kappa shape index (κ3) is 2.56. The van der Waals surface area contributed by atoms with Crippen molar-refractivity contribution in [2.24, 2.45) is 0 Å². The highest BCUT2D eigenvalue weighted by Crippen LogP contribution is 2.30. The van der Waals surface area contributed by atoms with Crippen LogP contribution in [0.2, 0.25) is 0 Å². The quantitative estimate of drug-likeness (QED) is 0.677. The van der Waals surface area contributed by atoms with Crippen LogP contribution >= 0.6 is 15.9 Å². The fraction of sp³-hybridized carbons (Fsp3) is 0. The molecular weight excluding hydrogens is 302 g/mol. The zero-order chi connectivity index (χ0) is 13.2. The number of nitrogen functional groups attached to an aromatic ring is 1. The van der Waals surface area contributed by atoms with Gasteiger partial charge < -0.3 is 10.5 Å². The topological polar surface area (TPSA) is 35.2 Å². The van der Waals surface area contributed by atoms with E-state index in [1.807, 2.05) is 48.5 Å². The maximum absolute atomic E-state index is 5.87. The number of benzene rings is 3. The van der Waals surface area contributed by atoms with E-state index in [4.69, 9.17) is 10.5 Å². The average molecular weight is 314 g/mol. The number of anilines is 1. The Morgan fingerprint density at radius 3 is 2.42 bits per heavy atom. The Morgan fingerprint density at radius 1 is 0.842 bits per heavy atom. The summed E-state index contributed by atoms with van der Waals surface area (Å²) in [6, 6.07) is 19.6. The fourth-order valence-corrected chi connectivity index (χ4v) is 2.34. The minimum atomic E-state index is 0.637. The molecule has 0 aromatic heterocycles. The Bertz CT molecular complexity index is 740. The molecule has 2 nitrogen and oxygen atoms in total. The van der Waals surface area contributed by atoms with Crippen LogP contribution in [-0.2, 0) is 0 Å². The van der Waals surface area contributed by atoms with Crippen molar-refractivity contribution in [2.75, 3.05) is 5.73 Å². The molecule has 3 heteroatoms. The van der Waals surface area contributed by atoms with Gasteiger partial charge in [-0.1, -0.05) is 40.2 Å². The fourth-order valence-electron chi connectivity index (χ4n) is 1.96. The van der Waals surface area contributed by atoms with Crippen molar-refractivity contribution in [1.29, 1.82) is 0 Å². The Balaban J connectivity index is 1.98. The van der Waals surface area contributed by atoms with Crippen LogP contribution < -0.4 is 10.5 Å². The molecule has 0 aliphatic rings. The zero-order valence-electron chi connectivity index (χ0n) is 10.1. The first-order chi connectivity index (χ1) is 9.22. The van der Waals surface area contributed by atoms with Crippen molar-refractivity contribution in [3.05, 3.63) is 65.1 Å². The second-order valence-electron chi connectivity index (χ2n) is 4.29. The number of ether oxygens (including phenoxy) is 1. The van der Waals surface area contributed by atoms with Gasteiger partial charge in [0, 0.05) is 4.47 Å². The predicted octanol–water partition coefficient (Wildman–Crippen LogP) is 4.98. The summed E-state index contributed by atoms with van der Waals surface area (Å²) in [5.41, 5.74) is 6.51. The van der Waals surface area contributed by atoms with E-state index >= 15 is 0 Å². The van der Waals surface area contributed by atoms with Crippen LogP contribution in [0.4, 0.5) is 5.69 Å². The van der Waals surface area contributed by atoms with Gasteiger partial charge in [-0.15, -0.1) is 0 Å². The molecule has 0 fully saturated rings. The van der Waals surface area contributed by atoms with Crippen LogP contribution in [0.5, 0.6) is 11.5 Å². The SMILES string of the molecule is Nc1ccccc1Oc1ccc2cc(Br)ccc2c1. The largest absolute Gasteiger partial charge is 0.455 e. The van der Waals surface area contributed by atoms with Crippen LogP contribution in [-0.4, -0.2) is 0 Å². The minimum absolute atomic E-state index is 0.637. The third-order valence-corrected chi connectivity index (χ3v) is 3.41. The van der Waals surface area contributed by atoms with Crippen LogP contribution in [0.3, 0.4) is 0 Å². The van der Waals surface area contributed by atoms with Gasteiger partial charge in [0.15, 0.2) is 0 Å². The second-order valence-corrected chi connectivity index (χ2v) is 5.21. The second kappa shape index (κ2) is 4.94. The van der Waals surface area contributed by atoms with Crippen LogP contribution in [0.15, 0.2) is 65.1 Å². The Labute approximate surface area is 119 Å². The van der Waals surface area contributed by atoms with E-state index in [9.17, 15) is 0 Å². The van der Waals surface area contributed by atoms with Gasteiger partial charge in [-0.25, -0.2) is 0 Å². The molecule has 0 amide bonds. The molecule has 0 unspecified atom stereocenters. The van der Waals surface area contributed by atoms with Gasteiger partial charge in [0.1, 0.15) is 11.5 Å². The third-order valence-electron chi connectivity index (χ3n) is 2.92. The monoisotopic (exact) mass is 313 g/mol. The molecule has 0 aliphatic carbocycles. The van der Waals surface area contributed by atoms with E-state index in [0.29, 0.717) is 11.4 Å². The lowest BCUT2D eigenvalue weighted by atomic mass is 10.1. The van der Waals surface area contributed by atoms with Crippen molar-refractivity contribution in [2.45, 2.75) is 0 Å². The highest BCUT2D eigenvalue weighted by atomic mass is 79.9. The van der Waals surface area contributed by atoms with Gasteiger partial charge in [-0.05, 0) is 47.2 Å². The maximum Gasteiger partial charge on any atom is 0.150 e. The molecular formula is C16H12BrNO. The van der Waals surface area contributed by atoms with E-state index < -0.39 is 0 Å². The van der Waals surface area contributed by atoms with Crippen molar-refractivity contribution >= 4 is 32.4 Å². The summed E-state index contributed by atoms with van der Waals surface area (Å²) in [4.78, 5) is 0. The first-order valence-electron chi connectivity index (χ1n) is 5.94. The highest BCUT2D eigenvalue weighted by molar-refractivity contribution is 9.10. The number of para-hydroxylation sites is 2. The molecule has 2 N–H and O–H groups in total. The summed E-state index contributed by atoms with van der Waals surface area (Å²) in [6.07, 6.45) is 0. The van der Waals surface area contributed by atoms with Crippen LogP contribution in [0.1, 0.15) is 0 Å². The summed E-state index contributed by atoms with van der Waals surface area (Å²) in [7, 11) is 0. The number of rotatable bonds is 2. The van der Waals surface area contributed by atoms with E-state index in [0.717, 1.165) is 15.6 Å². The summed E-state index contributed by atoms with van der Waals surface area (Å²) in [6.45, 7) is 0. The molecule has 3 aromatic carbocycles. The molecule has 3 aromatic rings. The van der Waals surface area contributed by atoms with E-state index in [1.54, 1.807) is 0 Å². The number of nitrogens with two attached hydrogens (primary N) is 1. The first kappa shape index (κ1) is 12.1. The van der Waals surface area contributed by atoms with Crippen LogP contribution in [0.25, 0.3) is 10.8 Å². The van der Waals surface area contributed by atoms with Crippen molar-refractivity contribution < 1.29 is 4.74 Å². The molecule has 0 spiro atoms. The number of hydrogen-bond acceptors (Lipinski definition) is 2. The molecule has 19 heavy (non-hydrogen) atoms. The molecule has 0 radical (unpaired) electrons. The summed E-state index contributed by atoms with van der Waals surface area (Å²) >= 11 is 3.47. The smallest absolute Gasteiger partial charge is 0.150 e. The van der Waals surface area contributed by atoms with Gasteiger partial charge in [0.25, 0.3) is 0 Å². The van der Waals surface area contributed by atoms with Crippen molar-refractivity contribution in [3.63, 3.8) is 0 Å². The lowest BCUT2D eigenvalue weighted by Gasteiger charge is -2.09. The average Bonchev–Trinajstić information content (AvgIpc) is 2.41. The highest BCUT2D eigenvalue weighted by Gasteiger charge is 2.02. The lowest BCUT2D eigenvalue weighted by Crippen LogP contribution is -1.91. The van der Waals surface area contributed by atoms with Gasteiger partial charge in [0.05, 0.1) is 5.69 Å². The summed E-state index contributed by atoms with van der Waals surface area (Å²) < 4.78 is 6.88. The van der Waals surface area contributed by atoms with Gasteiger partial charge >= 0.3 is 0 Å². The van der Waals surface area contributed by atoms with Crippen molar-refractivity contribution in [3.8, 4) is 11.5 Å². The van der Waals surface area contributed by atoms with E-state index in [-0.39, 0.29) is 0 Å². The minimum Gasteiger partial charge on any atom is -0.455 e. The molecule has 94 valence electrons. The summed E-state index contributed by atoms with van der Waals surface area (Å²) in [5.74, 6) is 1.46. The van der Waals surface area contributed by atoms with E-state index in [2.05, 4.69) is 28.1 Å². The normalized spacial score (nSPS) is 10.6. The number of hydrogen-bond donors (Lipinski definition) is 1. The molecule has 0 bridgehead atoms. The van der Waals surface area contributed by atoms with Crippen molar-refractivity contribution in [1.82, 2.24) is 0 Å². The van der Waals surface area contributed by atoms with Crippen LogP contribution in [0, 0.1) is 0 Å². The predicted molar refractivity (Wildman–Crippen MR) is 82.6 cm³/mol. The van der Waals surface area contributed by atoms with Gasteiger partial charge in [-0.2, -0.15) is 0 Å². The molecule has 0 heterocycles. The molecule has 0 aliphatic heterocycles. The maximum atomic E-state index is 5.87. The number of fused-ring (bicyclic) bond motifs is 1. The number of halogens is 1. The molecule has 0 saturated heterocycles. The van der Waals surface area contributed by atoms with E-state index in [1.165, 1.54) is 5.39 Å². The molecule has 0 saturated carbocycles. The summed E-state index contributed by atoms with van der Waals surface area (Å²) in [5, 5.41) is 2.30.